The summed E-state index contributed by atoms with van der Waals surface area (Å²) >= 11 is 11.8. The molecule has 0 unspecified atom stereocenters. The van der Waals surface area contributed by atoms with Crippen LogP contribution in [0.3, 0.4) is 0 Å². The lowest BCUT2D eigenvalue weighted by Crippen LogP contribution is -2.19. The van der Waals surface area contributed by atoms with E-state index in [0.29, 0.717) is 21.5 Å². The Morgan fingerprint density at radius 2 is 1.43 bits per heavy atom. The first-order chi connectivity index (χ1) is 11.1. The van der Waals surface area contributed by atoms with Crippen LogP contribution in [0, 0.1) is 0 Å². The van der Waals surface area contributed by atoms with Gasteiger partial charge >= 0.3 is 0 Å². The van der Waals surface area contributed by atoms with Crippen molar-refractivity contribution in [3.8, 4) is 11.5 Å². The van der Waals surface area contributed by atoms with Gasteiger partial charge in [0, 0.05) is 35.4 Å². The van der Waals surface area contributed by atoms with Gasteiger partial charge in [-0.1, -0.05) is 23.2 Å². The Bertz CT molecular complexity index is 638. The van der Waals surface area contributed by atoms with Crippen LogP contribution in [0.2, 0.25) is 10.0 Å². The summed E-state index contributed by atoms with van der Waals surface area (Å²) in [6.07, 6.45) is 1.55. The minimum absolute atomic E-state index is 0.0891. The number of halogens is 2. The summed E-state index contributed by atoms with van der Waals surface area (Å²) < 4.78 is 10.7. The third-order valence-corrected chi connectivity index (χ3v) is 4.04. The smallest absolute Gasteiger partial charge is 0.152 e. The zero-order valence-corrected chi connectivity index (χ0v) is 13.9. The van der Waals surface area contributed by atoms with E-state index in [0.717, 1.165) is 37.4 Å². The number of aliphatic hydroxyl groups is 1. The van der Waals surface area contributed by atoms with Crippen LogP contribution in [0.25, 0.3) is 0 Å². The molecule has 4 rings (SSSR count). The van der Waals surface area contributed by atoms with Gasteiger partial charge in [-0.2, -0.15) is 0 Å². The molecule has 2 aliphatic rings. The highest BCUT2D eigenvalue weighted by Crippen LogP contribution is 2.43. The summed E-state index contributed by atoms with van der Waals surface area (Å²) in [4.78, 5) is 0. The molecular weight excluding hydrogens is 337 g/mol. The number of anilines is 2. The maximum atomic E-state index is 8.83. The summed E-state index contributed by atoms with van der Waals surface area (Å²) in [5.41, 5.74) is 1.80. The van der Waals surface area contributed by atoms with Crippen LogP contribution in [-0.2, 0) is 4.74 Å². The van der Waals surface area contributed by atoms with Gasteiger partial charge in [-0.05, 0) is 37.1 Å². The predicted molar refractivity (Wildman–Crippen MR) is 92.3 cm³/mol. The Hall–Kier alpha value is -1.46. The molecule has 0 spiro atoms. The topological polar surface area (TPSA) is 50.7 Å². The normalized spacial score (nSPS) is 16.1. The van der Waals surface area contributed by atoms with Crippen LogP contribution in [0.5, 0.6) is 11.5 Å². The van der Waals surface area contributed by atoms with Crippen LogP contribution >= 0.6 is 23.2 Å². The van der Waals surface area contributed by atoms with Crippen molar-refractivity contribution in [1.29, 1.82) is 0 Å². The van der Waals surface area contributed by atoms with Crippen LogP contribution in [0.1, 0.15) is 12.8 Å². The van der Waals surface area contributed by atoms with E-state index in [4.69, 9.17) is 37.8 Å². The first-order valence-electron chi connectivity index (χ1n) is 7.41. The van der Waals surface area contributed by atoms with Crippen molar-refractivity contribution in [3.05, 3.63) is 46.4 Å². The summed E-state index contributed by atoms with van der Waals surface area (Å²) in [6, 6.07) is 10.9. The highest BCUT2D eigenvalue weighted by Gasteiger charge is 2.16. The van der Waals surface area contributed by atoms with Crippen LogP contribution < -0.4 is 10.1 Å². The summed E-state index contributed by atoms with van der Waals surface area (Å²) in [5, 5.41) is 13.4. The molecule has 2 aromatic carbocycles. The highest BCUT2D eigenvalue weighted by atomic mass is 35.5. The standard InChI is InChI=1S/C12H7Cl2NO.C5H10O2/c13-7-1-3-9-11(5-7)16-12-6-8(14)2-4-10(12)15-9;6-5-1-3-7-4-2-5/h1-6,15H;5-6H,1-4H2. The van der Waals surface area contributed by atoms with Crippen molar-refractivity contribution in [3.63, 3.8) is 0 Å². The number of hydrogen-bond acceptors (Lipinski definition) is 4. The Morgan fingerprint density at radius 1 is 0.913 bits per heavy atom. The molecule has 2 aromatic rings. The number of hydrogen-bond donors (Lipinski definition) is 2. The average Bonchev–Trinajstić information content (AvgIpc) is 2.54. The molecule has 2 N–H and O–H groups in total. The molecule has 0 bridgehead atoms. The maximum absolute atomic E-state index is 8.83. The number of fused-ring (bicyclic) bond motifs is 2. The minimum atomic E-state index is -0.0891. The Morgan fingerprint density at radius 3 is 1.87 bits per heavy atom. The second-order valence-electron chi connectivity index (χ2n) is 5.35. The lowest BCUT2D eigenvalue weighted by molar-refractivity contribution is 0.0140. The molecule has 0 atom stereocenters. The van der Waals surface area contributed by atoms with Crippen LogP contribution in [0.4, 0.5) is 11.4 Å². The molecule has 6 heteroatoms. The van der Waals surface area contributed by atoms with E-state index in [1.807, 2.05) is 24.3 Å². The second kappa shape index (κ2) is 7.41. The molecule has 2 heterocycles. The van der Waals surface area contributed by atoms with Crippen molar-refractivity contribution in [1.82, 2.24) is 0 Å². The van der Waals surface area contributed by atoms with Crippen molar-refractivity contribution in [2.24, 2.45) is 0 Å². The summed E-state index contributed by atoms with van der Waals surface area (Å²) in [7, 11) is 0. The zero-order chi connectivity index (χ0) is 16.2. The SMILES string of the molecule is Clc1ccc2c(c1)Oc1cc(Cl)ccc1N2.OC1CCOCC1. The lowest BCUT2D eigenvalue weighted by atomic mass is 10.2. The van der Waals surface area contributed by atoms with E-state index in [-0.39, 0.29) is 6.10 Å². The minimum Gasteiger partial charge on any atom is -0.453 e. The van der Waals surface area contributed by atoms with Gasteiger partial charge in [0.05, 0.1) is 17.5 Å². The third-order valence-electron chi connectivity index (χ3n) is 3.57. The van der Waals surface area contributed by atoms with Gasteiger partial charge < -0.3 is 19.9 Å². The van der Waals surface area contributed by atoms with E-state index in [1.54, 1.807) is 12.1 Å². The summed E-state index contributed by atoms with van der Waals surface area (Å²) in [6.45, 7) is 1.47. The van der Waals surface area contributed by atoms with Crippen molar-refractivity contribution >= 4 is 34.6 Å². The molecule has 122 valence electrons. The zero-order valence-electron chi connectivity index (χ0n) is 12.4. The predicted octanol–water partition coefficient (Wildman–Crippen LogP) is 5.00. The van der Waals surface area contributed by atoms with Gasteiger partial charge in [0.25, 0.3) is 0 Å². The monoisotopic (exact) mass is 353 g/mol. The quantitative estimate of drug-likeness (QED) is 0.597. The largest absolute Gasteiger partial charge is 0.453 e. The first-order valence-corrected chi connectivity index (χ1v) is 8.17. The fraction of sp³-hybridized carbons (Fsp3) is 0.294. The first kappa shape index (κ1) is 16.4. The highest BCUT2D eigenvalue weighted by molar-refractivity contribution is 6.31. The van der Waals surface area contributed by atoms with Crippen molar-refractivity contribution in [2.45, 2.75) is 18.9 Å². The maximum Gasteiger partial charge on any atom is 0.152 e. The number of ether oxygens (including phenoxy) is 2. The van der Waals surface area contributed by atoms with Crippen LogP contribution in [-0.4, -0.2) is 24.4 Å². The molecular formula is C17H17Cl2NO3. The van der Waals surface area contributed by atoms with E-state index in [1.165, 1.54) is 0 Å². The number of rotatable bonds is 0. The van der Waals surface area contributed by atoms with Gasteiger partial charge in [-0.3, -0.25) is 0 Å². The van der Waals surface area contributed by atoms with Gasteiger partial charge in [-0.15, -0.1) is 0 Å². The average molecular weight is 354 g/mol. The molecule has 0 amide bonds. The van der Waals surface area contributed by atoms with Gasteiger partial charge in [0.2, 0.25) is 0 Å². The van der Waals surface area contributed by atoms with E-state index in [9.17, 15) is 0 Å². The molecule has 23 heavy (non-hydrogen) atoms. The lowest BCUT2D eigenvalue weighted by Gasteiger charge is -2.21. The Kier molecular flexibility index (Phi) is 5.28. The van der Waals surface area contributed by atoms with Crippen molar-refractivity contribution < 1.29 is 14.6 Å². The van der Waals surface area contributed by atoms with E-state index < -0.39 is 0 Å². The molecule has 1 saturated heterocycles. The third kappa shape index (κ3) is 4.30. The molecule has 2 aliphatic heterocycles. The van der Waals surface area contributed by atoms with E-state index >= 15 is 0 Å². The van der Waals surface area contributed by atoms with Crippen molar-refractivity contribution in [2.75, 3.05) is 18.5 Å². The molecule has 1 fully saturated rings. The fourth-order valence-corrected chi connectivity index (χ4v) is 2.64. The molecule has 0 aromatic heterocycles. The molecule has 0 aliphatic carbocycles. The Balaban J connectivity index is 0.000000188. The molecule has 4 nitrogen and oxygen atoms in total. The number of nitrogens with one attached hydrogen (secondary N) is 1. The summed E-state index contributed by atoms with van der Waals surface area (Å²) in [5.74, 6) is 1.42. The van der Waals surface area contributed by atoms with Gasteiger partial charge in [-0.25, -0.2) is 0 Å². The van der Waals surface area contributed by atoms with E-state index in [2.05, 4.69) is 5.32 Å². The second-order valence-corrected chi connectivity index (χ2v) is 6.22. The van der Waals surface area contributed by atoms with Crippen LogP contribution in [0.15, 0.2) is 36.4 Å². The number of benzene rings is 2. The Labute approximate surface area is 144 Å². The fourth-order valence-electron chi connectivity index (χ4n) is 2.32. The molecule has 0 radical (unpaired) electrons. The van der Waals surface area contributed by atoms with Gasteiger partial charge in [0.15, 0.2) is 11.5 Å². The van der Waals surface area contributed by atoms with Gasteiger partial charge in [0.1, 0.15) is 0 Å². The number of aliphatic hydroxyl groups excluding tert-OH is 1. The molecule has 0 saturated carbocycles.